The Morgan fingerprint density at radius 2 is 2.00 bits per heavy atom. The van der Waals surface area contributed by atoms with E-state index >= 15 is 0 Å². The average molecular weight is 237 g/mol. The minimum atomic E-state index is -0.395. The Balaban J connectivity index is 2.94. The third kappa shape index (κ3) is 3.55. The minimum absolute atomic E-state index is 0.244. The second-order valence-electron chi connectivity index (χ2n) is 3.89. The van der Waals surface area contributed by atoms with Crippen molar-refractivity contribution in [3.8, 4) is 5.75 Å². The number of benzene rings is 1. The van der Waals surface area contributed by atoms with Gasteiger partial charge in [0.15, 0.2) is 0 Å². The van der Waals surface area contributed by atoms with Gasteiger partial charge >= 0.3 is 0 Å². The molecule has 1 aromatic carbocycles. The summed E-state index contributed by atoms with van der Waals surface area (Å²) in [6.07, 6.45) is 0.748. The van der Waals surface area contributed by atoms with Crippen molar-refractivity contribution in [2.75, 3.05) is 13.7 Å². The number of carbonyl (C=O) groups is 1. The molecule has 0 bridgehead atoms. The summed E-state index contributed by atoms with van der Waals surface area (Å²) in [5.74, 6) is -0.0884. The molecule has 1 aromatic rings. The predicted molar refractivity (Wildman–Crippen MR) is 62.8 cm³/mol. The highest BCUT2D eigenvalue weighted by Gasteiger charge is 2.24. The first-order valence-electron chi connectivity index (χ1n) is 5.29. The van der Waals surface area contributed by atoms with Crippen LogP contribution in [0.5, 0.6) is 5.75 Å². The van der Waals surface area contributed by atoms with E-state index in [-0.39, 0.29) is 12.5 Å². The molecule has 0 radical (unpaired) electrons. The summed E-state index contributed by atoms with van der Waals surface area (Å²) in [6.45, 7) is 1.44. The zero-order valence-corrected chi connectivity index (χ0v) is 9.83. The molecule has 0 spiro atoms. The Bertz CT molecular complexity index is 388. The lowest BCUT2D eigenvalue weighted by Crippen LogP contribution is -2.20. The van der Waals surface area contributed by atoms with E-state index in [0.29, 0.717) is 5.75 Å². The number of rotatable bonds is 6. The lowest BCUT2D eigenvalue weighted by atomic mass is 9.88. The van der Waals surface area contributed by atoms with Crippen molar-refractivity contribution in [3.05, 3.63) is 39.9 Å². The first-order chi connectivity index (χ1) is 8.08. The standard InChI is InChI=1S/C12H15NO4/c1-9(8-14)12(7-13(15)16)10-3-5-11(17-2)6-4-10/h3-6,8-9,12H,7H2,1-2H3/t9-,12+/m0/s1. The number of nitro groups is 1. The van der Waals surface area contributed by atoms with Gasteiger partial charge in [-0.3, -0.25) is 10.1 Å². The summed E-state index contributed by atoms with van der Waals surface area (Å²) >= 11 is 0. The molecule has 0 amide bonds. The number of carbonyl (C=O) groups excluding carboxylic acids is 1. The van der Waals surface area contributed by atoms with Crippen LogP contribution >= 0.6 is 0 Å². The Morgan fingerprint density at radius 3 is 2.41 bits per heavy atom. The highest BCUT2D eigenvalue weighted by molar-refractivity contribution is 5.55. The lowest BCUT2D eigenvalue weighted by Gasteiger charge is -2.16. The maximum atomic E-state index is 10.8. The molecule has 0 saturated carbocycles. The summed E-state index contributed by atoms with van der Waals surface area (Å²) in [4.78, 5) is 21.0. The molecule has 0 aliphatic heterocycles. The van der Waals surface area contributed by atoms with Crippen LogP contribution < -0.4 is 4.74 Å². The van der Waals surface area contributed by atoms with Gasteiger partial charge in [-0.2, -0.15) is 0 Å². The molecule has 0 fully saturated rings. The van der Waals surface area contributed by atoms with E-state index in [1.165, 1.54) is 0 Å². The third-order valence-electron chi connectivity index (χ3n) is 2.74. The maximum absolute atomic E-state index is 10.8. The van der Waals surface area contributed by atoms with E-state index in [2.05, 4.69) is 0 Å². The quantitative estimate of drug-likeness (QED) is 0.430. The first kappa shape index (κ1) is 13.2. The average Bonchev–Trinajstić information content (AvgIpc) is 2.35. The van der Waals surface area contributed by atoms with Gasteiger partial charge in [-0.05, 0) is 17.7 Å². The van der Waals surface area contributed by atoms with Crippen LogP contribution in [0.15, 0.2) is 24.3 Å². The Labute approximate surface area is 99.5 Å². The van der Waals surface area contributed by atoms with E-state index < -0.39 is 10.8 Å². The van der Waals surface area contributed by atoms with Gasteiger partial charge < -0.3 is 9.53 Å². The van der Waals surface area contributed by atoms with E-state index in [0.717, 1.165) is 11.8 Å². The fraction of sp³-hybridized carbons (Fsp3) is 0.417. The van der Waals surface area contributed by atoms with Crippen molar-refractivity contribution in [1.82, 2.24) is 0 Å². The SMILES string of the molecule is COc1ccc([C@H](C[N+](=O)[O-])[C@@H](C)C=O)cc1. The number of ether oxygens (including phenoxy) is 1. The third-order valence-corrected chi connectivity index (χ3v) is 2.74. The van der Waals surface area contributed by atoms with Gasteiger partial charge in [0, 0.05) is 10.8 Å². The second-order valence-corrected chi connectivity index (χ2v) is 3.89. The summed E-state index contributed by atoms with van der Waals surface area (Å²) in [5, 5.41) is 10.6. The number of hydrogen-bond donors (Lipinski definition) is 0. The predicted octanol–water partition coefficient (Wildman–Crippen LogP) is 1.89. The molecule has 2 atom stereocenters. The minimum Gasteiger partial charge on any atom is -0.497 e. The van der Waals surface area contributed by atoms with Crippen molar-refractivity contribution in [3.63, 3.8) is 0 Å². The molecule has 92 valence electrons. The molecule has 5 heteroatoms. The van der Waals surface area contributed by atoms with Gasteiger partial charge in [-0.15, -0.1) is 0 Å². The highest BCUT2D eigenvalue weighted by atomic mass is 16.6. The largest absolute Gasteiger partial charge is 0.497 e. The van der Waals surface area contributed by atoms with Crippen LogP contribution in [0.3, 0.4) is 0 Å². The molecule has 0 aromatic heterocycles. The van der Waals surface area contributed by atoms with Crippen molar-refractivity contribution >= 4 is 6.29 Å². The van der Waals surface area contributed by atoms with Crippen molar-refractivity contribution in [2.45, 2.75) is 12.8 Å². The summed E-state index contributed by atoms with van der Waals surface area (Å²) in [7, 11) is 1.55. The van der Waals surface area contributed by atoms with Crippen molar-refractivity contribution < 1.29 is 14.5 Å². The molecule has 0 aliphatic rings. The molecular weight excluding hydrogens is 222 g/mol. The Hall–Kier alpha value is -1.91. The van der Waals surface area contributed by atoms with Crippen LogP contribution in [0, 0.1) is 16.0 Å². The molecule has 0 heterocycles. The number of nitrogens with zero attached hydrogens (tertiary/aromatic N) is 1. The molecule has 1 rings (SSSR count). The van der Waals surface area contributed by atoms with Crippen LogP contribution in [0.1, 0.15) is 18.4 Å². The van der Waals surface area contributed by atoms with Crippen LogP contribution in [0.4, 0.5) is 0 Å². The summed E-state index contributed by atoms with van der Waals surface area (Å²) in [5.41, 5.74) is 0.780. The zero-order chi connectivity index (χ0) is 12.8. The topological polar surface area (TPSA) is 69.4 Å². The molecule has 0 saturated heterocycles. The Morgan fingerprint density at radius 1 is 1.41 bits per heavy atom. The molecule has 17 heavy (non-hydrogen) atoms. The van der Waals surface area contributed by atoms with Gasteiger partial charge in [-0.1, -0.05) is 19.1 Å². The first-order valence-corrected chi connectivity index (χ1v) is 5.29. The number of hydrogen-bond acceptors (Lipinski definition) is 4. The van der Waals surface area contributed by atoms with Gasteiger partial charge in [0.1, 0.15) is 12.0 Å². The maximum Gasteiger partial charge on any atom is 0.211 e. The normalized spacial score (nSPS) is 13.8. The monoisotopic (exact) mass is 237 g/mol. The van der Waals surface area contributed by atoms with E-state index in [1.54, 1.807) is 38.3 Å². The summed E-state index contributed by atoms with van der Waals surface area (Å²) < 4.78 is 5.01. The van der Waals surface area contributed by atoms with Gasteiger partial charge in [-0.25, -0.2) is 0 Å². The molecule has 5 nitrogen and oxygen atoms in total. The van der Waals surface area contributed by atoms with E-state index in [1.807, 2.05) is 0 Å². The highest BCUT2D eigenvalue weighted by Crippen LogP contribution is 2.25. The summed E-state index contributed by atoms with van der Waals surface area (Å²) in [6, 6.07) is 6.99. The van der Waals surface area contributed by atoms with Crippen LogP contribution in [0.2, 0.25) is 0 Å². The van der Waals surface area contributed by atoms with Gasteiger partial charge in [0.25, 0.3) is 0 Å². The number of methoxy groups -OCH3 is 1. The molecule has 0 N–H and O–H groups in total. The fourth-order valence-corrected chi connectivity index (χ4v) is 1.68. The van der Waals surface area contributed by atoms with Gasteiger partial charge in [0.05, 0.1) is 13.0 Å². The number of aldehydes is 1. The van der Waals surface area contributed by atoms with Crippen molar-refractivity contribution in [1.29, 1.82) is 0 Å². The second kappa shape index (κ2) is 5.98. The molecular formula is C12H15NO4. The van der Waals surface area contributed by atoms with Crippen molar-refractivity contribution in [2.24, 2.45) is 5.92 Å². The van der Waals surface area contributed by atoms with Crippen LogP contribution in [-0.4, -0.2) is 24.9 Å². The molecule has 0 unspecified atom stereocenters. The van der Waals surface area contributed by atoms with Crippen LogP contribution in [-0.2, 0) is 4.79 Å². The van der Waals surface area contributed by atoms with E-state index in [4.69, 9.17) is 4.74 Å². The lowest BCUT2D eigenvalue weighted by molar-refractivity contribution is -0.484. The molecule has 0 aliphatic carbocycles. The van der Waals surface area contributed by atoms with E-state index in [9.17, 15) is 14.9 Å². The fourth-order valence-electron chi connectivity index (χ4n) is 1.68. The smallest absolute Gasteiger partial charge is 0.211 e. The zero-order valence-electron chi connectivity index (χ0n) is 9.83. The van der Waals surface area contributed by atoms with Crippen LogP contribution in [0.25, 0.3) is 0 Å². The van der Waals surface area contributed by atoms with Gasteiger partial charge in [0.2, 0.25) is 6.54 Å². The Kier molecular flexibility index (Phi) is 4.63.